The first-order chi connectivity index (χ1) is 8.53. The highest BCUT2D eigenvalue weighted by Gasteiger charge is 2.42. The molecule has 1 aromatic heterocycles. The van der Waals surface area contributed by atoms with Gasteiger partial charge in [-0.2, -0.15) is 13.2 Å². The molecule has 0 aliphatic carbocycles. The van der Waals surface area contributed by atoms with Gasteiger partial charge in [0.1, 0.15) is 11.5 Å². The van der Waals surface area contributed by atoms with Crippen molar-refractivity contribution in [3.05, 3.63) is 29.3 Å². The minimum absolute atomic E-state index is 0.289. The van der Waals surface area contributed by atoms with Gasteiger partial charge in [0.15, 0.2) is 6.10 Å². The summed E-state index contributed by atoms with van der Waals surface area (Å²) in [5.41, 5.74) is -1.21. The van der Waals surface area contributed by atoms with Crippen molar-refractivity contribution in [1.82, 2.24) is 4.98 Å². The zero-order valence-electron chi connectivity index (χ0n) is 11.6. The number of hydrogen-bond acceptors (Lipinski definition) is 2. The molecule has 1 atom stereocenters. The Balaban J connectivity index is 0.00000154. The summed E-state index contributed by atoms with van der Waals surface area (Å²) in [6.07, 6.45) is -7.82. The number of rotatable bonds is 1. The molecule has 1 rings (SSSR count). The summed E-state index contributed by atoms with van der Waals surface area (Å²) in [4.78, 5) is 3.56. The average Bonchev–Trinajstić information content (AvgIpc) is 2.28. The molecule has 0 saturated heterocycles. The van der Waals surface area contributed by atoms with Gasteiger partial charge in [-0.15, -0.1) is 0 Å². The lowest BCUT2D eigenvalue weighted by molar-refractivity contribution is -0.208. The second-order valence-corrected chi connectivity index (χ2v) is 4.76. The Morgan fingerprint density at radius 2 is 1.58 bits per heavy atom. The molecule has 2 nitrogen and oxygen atoms in total. The van der Waals surface area contributed by atoms with E-state index in [0.29, 0.717) is 0 Å². The van der Waals surface area contributed by atoms with Crippen molar-refractivity contribution in [2.75, 3.05) is 0 Å². The van der Waals surface area contributed by atoms with Gasteiger partial charge in [-0.05, 0) is 12.1 Å². The topological polar surface area (TPSA) is 33.1 Å². The summed E-state index contributed by atoms with van der Waals surface area (Å²) in [5.74, 6) is -1.16. The van der Waals surface area contributed by atoms with Gasteiger partial charge >= 0.3 is 6.18 Å². The second kappa shape index (κ2) is 6.32. The van der Waals surface area contributed by atoms with Crippen molar-refractivity contribution < 1.29 is 22.7 Å². The average molecular weight is 281 g/mol. The Morgan fingerprint density at radius 1 is 1.11 bits per heavy atom. The highest BCUT2D eigenvalue weighted by Crippen LogP contribution is 2.33. The van der Waals surface area contributed by atoms with Crippen LogP contribution in [-0.2, 0) is 5.41 Å². The first kappa shape index (κ1) is 17.8. The van der Waals surface area contributed by atoms with E-state index in [2.05, 4.69) is 4.98 Å². The molecule has 0 aromatic carbocycles. The number of halogens is 4. The molecule has 1 aromatic rings. The van der Waals surface area contributed by atoms with Crippen LogP contribution in [0.15, 0.2) is 12.1 Å². The van der Waals surface area contributed by atoms with Crippen LogP contribution >= 0.6 is 0 Å². The minimum atomic E-state index is -4.93. The first-order valence-corrected chi connectivity index (χ1v) is 5.95. The molecule has 0 aliphatic rings. The fourth-order valence-corrected chi connectivity index (χ4v) is 1.22. The molecule has 6 heteroatoms. The van der Waals surface area contributed by atoms with Crippen LogP contribution < -0.4 is 0 Å². The normalized spacial score (nSPS) is 13.6. The van der Waals surface area contributed by atoms with E-state index in [0.717, 1.165) is 6.07 Å². The van der Waals surface area contributed by atoms with Gasteiger partial charge < -0.3 is 5.11 Å². The molecule has 19 heavy (non-hydrogen) atoms. The molecule has 0 amide bonds. The number of aliphatic hydroxyl groups is 1. The fraction of sp³-hybridized carbons (Fsp3) is 0.615. The maximum absolute atomic E-state index is 13.2. The predicted molar refractivity (Wildman–Crippen MR) is 65.3 cm³/mol. The summed E-state index contributed by atoms with van der Waals surface area (Å²) < 4.78 is 50.1. The molecule has 0 aliphatic heterocycles. The highest BCUT2D eigenvalue weighted by molar-refractivity contribution is 5.21. The largest absolute Gasteiger partial charge is 0.420 e. The zero-order chi connectivity index (χ0) is 15.4. The van der Waals surface area contributed by atoms with Crippen molar-refractivity contribution in [2.45, 2.75) is 52.3 Å². The van der Waals surface area contributed by atoms with E-state index >= 15 is 0 Å². The number of pyridine rings is 1. The van der Waals surface area contributed by atoms with E-state index in [1.165, 1.54) is 6.07 Å². The van der Waals surface area contributed by atoms with Crippen LogP contribution in [0.5, 0.6) is 0 Å². The molecule has 1 N–H and O–H groups in total. The Labute approximate surface area is 110 Å². The lowest BCUT2D eigenvalue weighted by atomic mass is 9.91. The van der Waals surface area contributed by atoms with E-state index in [4.69, 9.17) is 5.11 Å². The first-order valence-electron chi connectivity index (χ1n) is 5.95. The molecule has 1 unspecified atom stereocenters. The maximum Gasteiger partial charge on any atom is 0.420 e. The second-order valence-electron chi connectivity index (χ2n) is 4.76. The molecule has 110 valence electrons. The standard InChI is InChI=1S/C11H13F4NO.C2H6/c1-10(2,3)7-5-4-6(12)8(16-7)9(17)11(13,14)15;1-2/h4-5,9,17H,1-3H3;1-2H3. The Morgan fingerprint density at radius 3 is 1.95 bits per heavy atom. The summed E-state index contributed by atoms with van der Waals surface area (Å²) in [6, 6.07) is 2.19. The van der Waals surface area contributed by atoms with Crippen LogP contribution in [0, 0.1) is 5.82 Å². The van der Waals surface area contributed by atoms with Crippen molar-refractivity contribution in [2.24, 2.45) is 0 Å². The monoisotopic (exact) mass is 281 g/mol. The van der Waals surface area contributed by atoms with Crippen LogP contribution in [0.3, 0.4) is 0 Å². The minimum Gasteiger partial charge on any atom is -0.378 e. The molecule has 0 spiro atoms. The quantitative estimate of drug-likeness (QED) is 0.785. The van der Waals surface area contributed by atoms with Crippen LogP contribution in [0.4, 0.5) is 17.6 Å². The van der Waals surface area contributed by atoms with Crippen LogP contribution in [0.25, 0.3) is 0 Å². The number of aliphatic hydroxyl groups excluding tert-OH is 1. The molecular weight excluding hydrogens is 262 g/mol. The summed E-state index contributed by atoms with van der Waals surface area (Å²) >= 11 is 0. The molecule has 0 saturated carbocycles. The molecule has 0 fully saturated rings. The van der Waals surface area contributed by atoms with Crippen LogP contribution in [0.1, 0.15) is 52.1 Å². The van der Waals surface area contributed by atoms with Crippen molar-refractivity contribution >= 4 is 0 Å². The maximum atomic E-state index is 13.2. The Hall–Kier alpha value is -1.17. The Bertz CT molecular complexity index is 410. The molecular formula is C13H19F4NO. The number of aromatic nitrogens is 1. The van der Waals surface area contributed by atoms with Gasteiger partial charge in [0.25, 0.3) is 0 Å². The number of hydrogen-bond donors (Lipinski definition) is 1. The smallest absolute Gasteiger partial charge is 0.378 e. The van der Waals surface area contributed by atoms with Gasteiger partial charge in [-0.1, -0.05) is 34.6 Å². The van der Waals surface area contributed by atoms with Crippen molar-refractivity contribution in [3.8, 4) is 0 Å². The number of alkyl halides is 3. The van der Waals surface area contributed by atoms with Gasteiger partial charge in [-0.25, -0.2) is 4.39 Å². The van der Waals surface area contributed by atoms with Gasteiger partial charge in [0.05, 0.1) is 0 Å². The molecule has 0 bridgehead atoms. The predicted octanol–water partition coefficient (Wildman–Crippen LogP) is 4.14. The fourth-order valence-electron chi connectivity index (χ4n) is 1.22. The Kier molecular flexibility index (Phi) is 5.93. The van der Waals surface area contributed by atoms with E-state index < -0.39 is 29.2 Å². The molecule has 1 heterocycles. The third-order valence-corrected chi connectivity index (χ3v) is 2.21. The summed E-state index contributed by atoms with van der Waals surface area (Å²) in [6.45, 7) is 9.20. The van der Waals surface area contributed by atoms with Gasteiger partial charge in [0.2, 0.25) is 0 Å². The zero-order valence-corrected chi connectivity index (χ0v) is 11.6. The van der Waals surface area contributed by atoms with E-state index in [-0.39, 0.29) is 5.69 Å². The van der Waals surface area contributed by atoms with E-state index in [1.54, 1.807) is 20.8 Å². The van der Waals surface area contributed by atoms with Crippen LogP contribution in [0.2, 0.25) is 0 Å². The van der Waals surface area contributed by atoms with Crippen molar-refractivity contribution in [3.63, 3.8) is 0 Å². The summed E-state index contributed by atoms with van der Waals surface area (Å²) in [5, 5.41) is 9.00. The van der Waals surface area contributed by atoms with E-state index in [1.807, 2.05) is 13.8 Å². The highest BCUT2D eigenvalue weighted by atomic mass is 19.4. The third kappa shape index (κ3) is 4.78. The lowest BCUT2D eigenvalue weighted by Gasteiger charge is -2.21. The van der Waals surface area contributed by atoms with Gasteiger partial charge in [-0.3, -0.25) is 4.98 Å². The van der Waals surface area contributed by atoms with Crippen LogP contribution in [-0.4, -0.2) is 16.3 Å². The van der Waals surface area contributed by atoms with Crippen molar-refractivity contribution in [1.29, 1.82) is 0 Å². The molecule has 0 radical (unpaired) electrons. The lowest BCUT2D eigenvalue weighted by Crippen LogP contribution is -2.24. The SMILES string of the molecule is CC.CC(C)(C)c1ccc(F)c(C(O)C(F)(F)F)n1. The third-order valence-electron chi connectivity index (χ3n) is 2.21. The summed E-state index contributed by atoms with van der Waals surface area (Å²) in [7, 11) is 0. The van der Waals surface area contributed by atoms with E-state index in [9.17, 15) is 17.6 Å². The number of nitrogens with zero attached hydrogens (tertiary/aromatic N) is 1. The van der Waals surface area contributed by atoms with Gasteiger partial charge in [0, 0.05) is 11.1 Å².